The second-order valence-corrected chi connectivity index (χ2v) is 3.38. The fraction of sp³-hybridized carbons (Fsp3) is 0.455. The van der Waals surface area contributed by atoms with Gasteiger partial charge in [-0.3, -0.25) is 0 Å². The number of methoxy groups -OCH3 is 1. The van der Waals surface area contributed by atoms with E-state index in [1.807, 2.05) is 6.07 Å². The van der Waals surface area contributed by atoms with E-state index in [1.54, 1.807) is 6.07 Å². The summed E-state index contributed by atoms with van der Waals surface area (Å²) < 4.78 is 5.12. The highest BCUT2D eigenvalue weighted by molar-refractivity contribution is 5.48. The van der Waals surface area contributed by atoms with Crippen molar-refractivity contribution in [3.63, 3.8) is 0 Å². The average Bonchev–Trinajstić information content (AvgIpc) is 2.18. The summed E-state index contributed by atoms with van der Waals surface area (Å²) in [5.74, 6) is 0.674. The highest BCUT2D eigenvalue weighted by Crippen LogP contribution is 2.31. The molecule has 1 aromatic carbocycles. The van der Waals surface area contributed by atoms with Crippen molar-refractivity contribution in [1.29, 1.82) is 0 Å². The number of ether oxygens (including phenoxy) is 1. The Morgan fingerprint density at radius 3 is 2.40 bits per heavy atom. The third-order valence-corrected chi connectivity index (χ3v) is 2.26. The van der Waals surface area contributed by atoms with E-state index in [2.05, 4.69) is 0 Å². The standard InChI is InChI=1S/C11H18N2O2/c1-15-11-9(3-5-13)6-8(2-4-12)7-10(11)14/h6-7,14H,2-5,12-13H2,1H3. The van der Waals surface area contributed by atoms with Crippen molar-refractivity contribution in [2.75, 3.05) is 20.2 Å². The molecule has 0 radical (unpaired) electrons. The molecule has 15 heavy (non-hydrogen) atoms. The predicted octanol–water partition coefficient (Wildman–Crippen LogP) is 0.403. The first kappa shape index (κ1) is 11.8. The van der Waals surface area contributed by atoms with E-state index in [4.69, 9.17) is 16.2 Å². The quantitative estimate of drug-likeness (QED) is 0.657. The van der Waals surface area contributed by atoms with Crippen LogP contribution in [0.2, 0.25) is 0 Å². The molecule has 0 atom stereocenters. The molecule has 0 spiro atoms. The van der Waals surface area contributed by atoms with Crippen LogP contribution in [0.25, 0.3) is 0 Å². The Balaban J connectivity index is 3.07. The lowest BCUT2D eigenvalue weighted by molar-refractivity contribution is 0.369. The fourth-order valence-electron chi connectivity index (χ4n) is 1.62. The van der Waals surface area contributed by atoms with Crippen molar-refractivity contribution in [2.24, 2.45) is 11.5 Å². The van der Waals surface area contributed by atoms with E-state index >= 15 is 0 Å². The molecule has 0 aliphatic heterocycles. The lowest BCUT2D eigenvalue weighted by Gasteiger charge is -2.11. The Hall–Kier alpha value is -1.26. The maximum absolute atomic E-state index is 9.72. The third-order valence-electron chi connectivity index (χ3n) is 2.26. The third kappa shape index (κ3) is 2.84. The average molecular weight is 210 g/mol. The maximum Gasteiger partial charge on any atom is 0.163 e. The molecule has 0 fully saturated rings. The van der Waals surface area contributed by atoms with E-state index < -0.39 is 0 Å². The summed E-state index contributed by atoms with van der Waals surface area (Å²) in [5, 5.41) is 9.72. The maximum atomic E-state index is 9.72. The van der Waals surface area contributed by atoms with Gasteiger partial charge in [0, 0.05) is 0 Å². The minimum Gasteiger partial charge on any atom is -0.504 e. The van der Waals surface area contributed by atoms with E-state index in [0.29, 0.717) is 25.3 Å². The first-order valence-corrected chi connectivity index (χ1v) is 5.01. The highest BCUT2D eigenvalue weighted by Gasteiger charge is 2.09. The van der Waals surface area contributed by atoms with Crippen molar-refractivity contribution >= 4 is 0 Å². The zero-order valence-electron chi connectivity index (χ0n) is 8.99. The number of nitrogens with two attached hydrogens (primary N) is 2. The molecule has 0 saturated carbocycles. The summed E-state index contributed by atoms with van der Waals surface area (Å²) in [6, 6.07) is 3.67. The predicted molar refractivity (Wildman–Crippen MR) is 60.2 cm³/mol. The molecule has 0 unspecified atom stereocenters. The number of phenols is 1. The summed E-state index contributed by atoms with van der Waals surface area (Å²) in [5.41, 5.74) is 12.9. The highest BCUT2D eigenvalue weighted by atomic mass is 16.5. The summed E-state index contributed by atoms with van der Waals surface area (Å²) in [4.78, 5) is 0. The second-order valence-electron chi connectivity index (χ2n) is 3.38. The molecule has 0 heterocycles. The van der Waals surface area contributed by atoms with Gasteiger partial charge in [0.1, 0.15) is 0 Å². The minimum atomic E-state index is 0.159. The molecule has 4 nitrogen and oxygen atoms in total. The van der Waals surface area contributed by atoms with Crippen LogP contribution < -0.4 is 16.2 Å². The van der Waals surface area contributed by atoms with Gasteiger partial charge >= 0.3 is 0 Å². The first-order chi connectivity index (χ1) is 7.22. The van der Waals surface area contributed by atoms with Gasteiger partial charge in [-0.1, -0.05) is 6.07 Å². The number of phenolic OH excluding ortho intramolecular Hbond substituents is 1. The first-order valence-electron chi connectivity index (χ1n) is 5.01. The van der Waals surface area contributed by atoms with Gasteiger partial charge in [0.15, 0.2) is 11.5 Å². The lowest BCUT2D eigenvalue weighted by atomic mass is 10.0. The van der Waals surface area contributed by atoms with Crippen LogP contribution in [0.4, 0.5) is 0 Å². The van der Waals surface area contributed by atoms with Gasteiger partial charge in [0.25, 0.3) is 0 Å². The molecule has 4 heteroatoms. The van der Waals surface area contributed by atoms with Gasteiger partial charge in [0.05, 0.1) is 7.11 Å². The van der Waals surface area contributed by atoms with E-state index in [0.717, 1.165) is 17.5 Å². The molecule has 0 amide bonds. The molecular formula is C11H18N2O2. The molecular weight excluding hydrogens is 192 g/mol. The monoisotopic (exact) mass is 210 g/mol. The van der Waals surface area contributed by atoms with Crippen LogP contribution in [-0.2, 0) is 12.8 Å². The number of aromatic hydroxyl groups is 1. The smallest absolute Gasteiger partial charge is 0.163 e. The van der Waals surface area contributed by atoms with Gasteiger partial charge in [-0.15, -0.1) is 0 Å². The Morgan fingerprint density at radius 1 is 1.20 bits per heavy atom. The summed E-state index contributed by atoms with van der Waals surface area (Å²) in [6.07, 6.45) is 1.43. The lowest BCUT2D eigenvalue weighted by Crippen LogP contribution is -2.07. The zero-order valence-corrected chi connectivity index (χ0v) is 8.99. The number of benzene rings is 1. The second kappa shape index (κ2) is 5.58. The van der Waals surface area contributed by atoms with Crippen LogP contribution in [0, 0.1) is 0 Å². The topological polar surface area (TPSA) is 81.5 Å². The number of hydrogen-bond donors (Lipinski definition) is 3. The zero-order chi connectivity index (χ0) is 11.3. The summed E-state index contributed by atoms with van der Waals surface area (Å²) in [7, 11) is 1.54. The molecule has 0 aliphatic rings. The Labute approximate surface area is 89.8 Å². The van der Waals surface area contributed by atoms with Gasteiger partial charge in [0.2, 0.25) is 0 Å². The van der Waals surface area contributed by atoms with Gasteiger partial charge in [-0.25, -0.2) is 0 Å². The minimum absolute atomic E-state index is 0.159. The number of hydrogen-bond acceptors (Lipinski definition) is 4. The van der Waals surface area contributed by atoms with Crippen LogP contribution in [0.3, 0.4) is 0 Å². The normalized spacial score (nSPS) is 10.3. The Kier molecular flexibility index (Phi) is 4.39. The number of rotatable bonds is 5. The van der Waals surface area contributed by atoms with Crippen LogP contribution >= 0.6 is 0 Å². The van der Waals surface area contributed by atoms with E-state index in [9.17, 15) is 5.11 Å². The molecule has 0 bridgehead atoms. The SMILES string of the molecule is COc1c(O)cc(CCN)cc1CCN. The molecule has 0 saturated heterocycles. The van der Waals surface area contributed by atoms with E-state index in [-0.39, 0.29) is 5.75 Å². The van der Waals surface area contributed by atoms with Crippen molar-refractivity contribution in [3.8, 4) is 11.5 Å². The molecule has 84 valence electrons. The largest absolute Gasteiger partial charge is 0.504 e. The van der Waals surface area contributed by atoms with Gasteiger partial charge < -0.3 is 21.3 Å². The van der Waals surface area contributed by atoms with Crippen LogP contribution in [-0.4, -0.2) is 25.3 Å². The Morgan fingerprint density at radius 2 is 1.87 bits per heavy atom. The molecule has 0 aliphatic carbocycles. The van der Waals surface area contributed by atoms with Crippen LogP contribution in [0.15, 0.2) is 12.1 Å². The van der Waals surface area contributed by atoms with Crippen molar-refractivity contribution in [1.82, 2.24) is 0 Å². The summed E-state index contributed by atoms with van der Waals surface area (Å²) >= 11 is 0. The molecule has 5 N–H and O–H groups in total. The van der Waals surface area contributed by atoms with Crippen LogP contribution in [0.1, 0.15) is 11.1 Å². The van der Waals surface area contributed by atoms with Crippen molar-refractivity contribution in [2.45, 2.75) is 12.8 Å². The molecule has 1 rings (SSSR count). The van der Waals surface area contributed by atoms with Crippen LogP contribution in [0.5, 0.6) is 11.5 Å². The molecule has 1 aromatic rings. The van der Waals surface area contributed by atoms with Crippen molar-refractivity contribution < 1.29 is 9.84 Å². The van der Waals surface area contributed by atoms with E-state index in [1.165, 1.54) is 7.11 Å². The summed E-state index contributed by atoms with van der Waals surface area (Å²) in [6.45, 7) is 1.09. The van der Waals surface area contributed by atoms with Crippen molar-refractivity contribution in [3.05, 3.63) is 23.3 Å². The fourth-order valence-corrected chi connectivity index (χ4v) is 1.62. The Bertz CT molecular complexity index is 327. The molecule has 0 aromatic heterocycles. The van der Waals surface area contributed by atoms with Gasteiger partial charge in [-0.2, -0.15) is 0 Å². The van der Waals surface area contributed by atoms with Gasteiger partial charge in [-0.05, 0) is 43.1 Å².